The molecule has 0 aromatic carbocycles. The average molecular weight is 336 g/mol. The average Bonchev–Trinajstić information content (AvgIpc) is 2.86. The predicted molar refractivity (Wildman–Crippen MR) is 84.0 cm³/mol. The molecule has 0 aliphatic rings. The maximum Gasteiger partial charge on any atom is 0.274 e. The van der Waals surface area contributed by atoms with E-state index in [2.05, 4.69) is 17.0 Å². The van der Waals surface area contributed by atoms with Crippen molar-refractivity contribution in [1.29, 1.82) is 0 Å². The summed E-state index contributed by atoms with van der Waals surface area (Å²) in [7, 11) is -4.59. The van der Waals surface area contributed by atoms with Crippen molar-refractivity contribution in [3.63, 3.8) is 0 Å². The minimum Gasteiger partial charge on any atom is -0.447 e. The quantitative estimate of drug-likeness (QED) is 0.627. The van der Waals surface area contributed by atoms with Crippen molar-refractivity contribution in [2.75, 3.05) is 18.6 Å². The third kappa shape index (κ3) is 6.73. The van der Waals surface area contributed by atoms with Crippen LogP contribution in [0.5, 0.6) is 0 Å². The van der Waals surface area contributed by atoms with Crippen molar-refractivity contribution in [2.24, 2.45) is 0 Å². The fourth-order valence-electron chi connectivity index (χ4n) is 1.71. The van der Waals surface area contributed by atoms with Gasteiger partial charge in [0.2, 0.25) is 5.09 Å². The van der Waals surface area contributed by atoms with Crippen LogP contribution in [0.25, 0.3) is 0 Å². The monoisotopic (exact) mass is 336 g/mol. The van der Waals surface area contributed by atoms with Crippen molar-refractivity contribution in [2.45, 2.75) is 44.4 Å². The molecule has 6 nitrogen and oxygen atoms in total. The van der Waals surface area contributed by atoms with E-state index in [1.807, 2.05) is 0 Å². The summed E-state index contributed by atoms with van der Waals surface area (Å²) in [6.45, 7) is 5.16. The fourth-order valence-corrected chi connectivity index (χ4v) is 3.62. The summed E-state index contributed by atoms with van der Waals surface area (Å²) >= 11 is 0. The molecular weight excluding hydrogens is 312 g/mol. The van der Waals surface area contributed by atoms with Crippen molar-refractivity contribution in [3.8, 4) is 0 Å². The molecule has 0 saturated carbocycles. The van der Waals surface area contributed by atoms with Gasteiger partial charge in [-0.05, 0) is 38.4 Å². The van der Waals surface area contributed by atoms with E-state index in [1.54, 1.807) is 19.2 Å². The Labute approximate surface area is 129 Å². The van der Waals surface area contributed by atoms with Crippen LogP contribution in [0.4, 0.5) is 0 Å². The minimum atomic E-state index is -3.66. The molecule has 1 rings (SSSR count). The van der Waals surface area contributed by atoms with Crippen LogP contribution in [0.1, 0.15) is 32.4 Å². The molecule has 0 spiro atoms. The van der Waals surface area contributed by atoms with Gasteiger partial charge in [-0.2, -0.15) is 0 Å². The van der Waals surface area contributed by atoms with Crippen LogP contribution < -0.4 is 10.0 Å². The number of rotatable bonds is 10. The van der Waals surface area contributed by atoms with Crippen LogP contribution in [-0.2, 0) is 27.4 Å². The summed E-state index contributed by atoms with van der Waals surface area (Å²) in [6, 6.07) is 2.82. The summed E-state index contributed by atoms with van der Waals surface area (Å²) in [6.07, 6.45) is 3.13. The largest absolute Gasteiger partial charge is 0.447 e. The third-order valence-corrected chi connectivity index (χ3v) is 5.09. The highest BCUT2D eigenvalue weighted by Crippen LogP contribution is 2.14. The Morgan fingerprint density at radius 3 is 2.71 bits per heavy atom. The zero-order valence-corrected chi connectivity index (χ0v) is 14.4. The Kier molecular flexibility index (Phi) is 7.58. The van der Waals surface area contributed by atoms with E-state index in [0.717, 1.165) is 13.0 Å². The highest BCUT2D eigenvalue weighted by Gasteiger charge is 2.21. The van der Waals surface area contributed by atoms with Crippen molar-refractivity contribution in [3.05, 3.63) is 17.9 Å². The molecule has 0 aliphatic carbocycles. The van der Waals surface area contributed by atoms with Gasteiger partial charge in [0.1, 0.15) is 5.76 Å². The Morgan fingerprint density at radius 2 is 2.10 bits per heavy atom. The van der Waals surface area contributed by atoms with Gasteiger partial charge in [-0.25, -0.2) is 13.1 Å². The molecular formula is C13H24N2O4S2. The van der Waals surface area contributed by atoms with E-state index in [4.69, 9.17) is 4.42 Å². The SMILES string of the molecule is CCCNCc1ccc(S(=O)(=O)NC(C)CCS(C)=O)o1. The van der Waals surface area contributed by atoms with Crippen LogP contribution in [0.3, 0.4) is 0 Å². The summed E-state index contributed by atoms with van der Waals surface area (Å²) in [5, 5.41) is 3.06. The van der Waals surface area contributed by atoms with Gasteiger partial charge in [0, 0.05) is 28.9 Å². The first-order chi connectivity index (χ1) is 9.85. The van der Waals surface area contributed by atoms with Gasteiger partial charge in [0.15, 0.2) is 0 Å². The minimum absolute atomic E-state index is 0.0831. The number of furan rings is 1. The second kappa shape index (κ2) is 8.67. The molecule has 2 atom stereocenters. The zero-order valence-electron chi connectivity index (χ0n) is 12.7. The molecule has 2 unspecified atom stereocenters. The third-order valence-electron chi connectivity index (χ3n) is 2.82. The summed E-state index contributed by atoms with van der Waals surface area (Å²) in [5.74, 6) is 1.06. The highest BCUT2D eigenvalue weighted by molar-refractivity contribution is 7.89. The number of sulfonamides is 1. The van der Waals surface area contributed by atoms with E-state index in [-0.39, 0.29) is 11.1 Å². The van der Waals surface area contributed by atoms with Gasteiger partial charge < -0.3 is 9.73 Å². The molecule has 2 N–H and O–H groups in total. The molecule has 122 valence electrons. The molecule has 0 bridgehead atoms. The van der Waals surface area contributed by atoms with E-state index in [9.17, 15) is 12.6 Å². The molecule has 1 heterocycles. The normalized spacial score (nSPS) is 15.0. The zero-order chi connectivity index (χ0) is 15.9. The fraction of sp³-hybridized carbons (Fsp3) is 0.692. The van der Waals surface area contributed by atoms with E-state index in [0.29, 0.717) is 24.5 Å². The molecule has 1 aromatic rings. The first kappa shape index (κ1) is 18.3. The van der Waals surface area contributed by atoms with Crippen molar-refractivity contribution >= 4 is 20.8 Å². The van der Waals surface area contributed by atoms with Crippen molar-refractivity contribution < 1.29 is 17.0 Å². The molecule has 0 amide bonds. The van der Waals surface area contributed by atoms with Crippen LogP contribution in [0.2, 0.25) is 0 Å². The Morgan fingerprint density at radius 1 is 1.38 bits per heavy atom. The van der Waals surface area contributed by atoms with E-state index >= 15 is 0 Å². The van der Waals surface area contributed by atoms with Crippen molar-refractivity contribution in [1.82, 2.24) is 10.0 Å². The molecule has 0 aliphatic heterocycles. The molecule has 0 fully saturated rings. The molecule has 0 radical (unpaired) electrons. The lowest BCUT2D eigenvalue weighted by Crippen LogP contribution is -2.33. The van der Waals surface area contributed by atoms with Gasteiger partial charge in [-0.1, -0.05) is 6.92 Å². The molecule has 1 aromatic heterocycles. The number of nitrogens with one attached hydrogen (secondary N) is 2. The first-order valence-corrected chi connectivity index (χ1v) is 10.2. The van der Waals surface area contributed by atoms with Gasteiger partial charge in [0.05, 0.1) is 6.54 Å². The highest BCUT2D eigenvalue weighted by atomic mass is 32.2. The number of hydrogen-bond donors (Lipinski definition) is 2. The summed E-state index contributed by atoms with van der Waals surface area (Å²) in [5.41, 5.74) is 0. The Balaban J connectivity index is 2.59. The topological polar surface area (TPSA) is 88.4 Å². The second-order valence-corrected chi connectivity index (χ2v) is 8.19. The second-order valence-electron chi connectivity index (χ2n) is 4.99. The molecule has 21 heavy (non-hydrogen) atoms. The van der Waals surface area contributed by atoms with Gasteiger partial charge in [-0.15, -0.1) is 0 Å². The lowest BCUT2D eigenvalue weighted by molar-refractivity contribution is 0.398. The maximum atomic E-state index is 12.1. The Hall–Kier alpha value is -0.700. The Bertz CT molecular complexity index is 554. The smallest absolute Gasteiger partial charge is 0.274 e. The van der Waals surface area contributed by atoms with Gasteiger partial charge >= 0.3 is 0 Å². The number of hydrogen-bond acceptors (Lipinski definition) is 5. The first-order valence-electron chi connectivity index (χ1n) is 6.97. The van der Waals surface area contributed by atoms with Gasteiger partial charge in [-0.3, -0.25) is 4.21 Å². The van der Waals surface area contributed by atoms with Crippen LogP contribution in [-0.4, -0.2) is 37.2 Å². The standard InChI is InChI=1S/C13H24N2O4S2/c1-4-8-14-10-12-5-6-13(19-12)21(17,18)15-11(2)7-9-20(3)16/h5-6,11,14-15H,4,7-10H2,1-3H3. The van der Waals surface area contributed by atoms with Crippen LogP contribution >= 0.6 is 0 Å². The van der Waals surface area contributed by atoms with E-state index in [1.165, 1.54) is 6.07 Å². The van der Waals surface area contributed by atoms with E-state index < -0.39 is 20.8 Å². The summed E-state index contributed by atoms with van der Waals surface area (Å²) < 4.78 is 43.2. The maximum absolute atomic E-state index is 12.1. The lowest BCUT2D eigenvalue weighted by Gasteiger charge is -2.11. The van der Waals surface area contributed by atoms with Gasteiger partial charge in [0.25, 0.3) is 10.0 Å². The predicted octanol–water partition coefficient (Wildman–Crippen LogP) is 1.21. The summed E-state index contributed by atoms with van der Waals surface area (Å²) in [4.78, 5) is 0. The van der Waals surface area contributed by atoms with Crippen LogP contribution in [0, 0.1) is 0 Å². The molecule has 0 saturated heterocycles. The molecule has 8 heteroatoms. The lowest BCUT2D eigenvalue weighted by atomic mass is 10.3. The van der Waals surface area contributed by atoms with Crippen LogP contribution in [0.15, 0.2) is 21.6 Å².